The highest BCUT2D eigenvalue weighted by atomic mass is 32.2. The Labute approximate surface area is 178 Å². The Morgan fingerprint density at radius 1 is 0.900 bits per heavy atom. The molecule has 148 valence electrons. The average molecular weight is 414 g/mol. The highest BCUT2D eigenvalue weighted by molar-refractivity contribution is 7.99. The minimum atomic E-state index is 0.431. The normalized spacial score (nSPS) is 12.5. The first kappa shape index (κ1) is 18.4. The van der Waals surface area contributed by atoms with Crippen LogP contribution in [0.2, 0.25) is 0 Å². The highest BCUT2D eigenvalue weighted by Gasteiger charge is 2.20. The van der Waals surface area contributed by atoms with Crippen LogP contribution < -0.4 is 14.4 Å². The Morgan fingerprint density at radius 3 is 2.60 bits per heavy atom. The maximum atomic E-state index is 6.07. The van der Waals surface area contributed by atoms with Gasteiger partial charge in [0.2, 0.25) is 11.8 Å². The number of ether oxygens (including phenoxy) is 2. The molecule has 0 aliphatic carbocycles. The number of para-hydroxylation sites is 1. The number of thioether (sulfide) groups is 1. The topological polar surface area (TPSA) is 60.4 Å². The largest absolute Gasteiger partial charge is 0.481 e. The molecule has 7 heteroatoms. The van der Waals surface area contributed by atoms with Gasteiger partial charge in [0.05, 0.1) is 18.7 Å². The van der Waals surface area contributed by atoms with E-state index in [2.05, 4.69) is 56.3 Å². The van der Waals surface area contributed by atoms with Crippen molar-refractivity contribution >= 4 is 23.1 Å². The summed E-state index contributed by atoms with van der Waals surface area (Å²) in [5.41, 5.74) is 3.82. The van der Waals surface area contributed by atoms with Crippen molar-refractivity contribution in [1.29, 1.82) is 0 Å². The lowest BCUT2D eigenvalue weighted by molar-refractivity contribution is 0.398. The molecule has 5 rings (SSSR count). The van der Waals surface area contributed by atoms with Crippen molar-refractivity contribution in [2.75, 3.05) is 17.9 Å². The van der Waals surface area contributed by atoms with Crippen LogP contribution in [-0.4, -0.2) is 27.9 Å². The van der Waals surface area contributed by atoms with E-state index in [0.717, 1.165) is 17.1 Å². The Morgan fingerprint density at radius 2 is 1.73 bits per heavy atom. The summed E-state index contributed by atoms with van der Waals surface area (Å²) in [4.78, 5) is 16.6. The standard InChI is InChI=1S/C23H18N4O2S/c1-28-21-14-16(10-11-24-21)22-23(26-13-12-25-22)29-18-8-6-17(7-9-18)27-15-30-20-5-3-2-4-19(20)27/h2-14H,15H2,1H3. The van der Waals surface area contributed by atoms with Gasteiger partial charge in [0.25, 0.3) is 0 Å². The summed E-state index contributed by atoms with van der Waals surface area (Å²) in [6, 6.07) is 20.1. The van der Waals surface area contributed by atoms with E-state index in [1.807, 2.05) is 36.0 Å². The van der Waals surface area contributed by atoms with Crippen LogP contribution in [0.15, 0.2) is 84.1 Å². The van der Waals surface area contributed by atoms with E-state index in [-0.39, 0.29) is 0 Å². The Balaban J connectivity index is 1.40. The second-order valence-corrected chi connectivity index (χ2v) is 7.55. The van der Waals surface area contributed by atoms with Crippen molar-refractivity contribution in [1.82, 2.24) is 15.0 Å². The van der Waals surface area contributed by atoms with Crippen LogP contribution in [0.5, 0.6) is 17.5 Å². The third-order valence-corrected chi connectivity index (χ3v) is 5.79. The molecule has 0 saturated heterocycles. The van der Waals surface area contributed by atoms with Gasteiger partial charge < -0.3 is 14.4 Å². The summed E-state index contributed by atoms with van der Waals surface area (Å²) in [5, 5.41) is 0. The Bertz CT molecular complexity index is 1180. The summed E-state index contributed by atoms with van der Waals surface area (Å²) in [6.45, 7) is 0. The fraction of sp³-hybridized carbons (Fsp3) is 0.0870. The predicted molar refractivity (Wildman–Crippen MR) is 118 cm³/mol. The van der Waals surface area contributed by atoms with Gasteiger partial charge in [-0.2, -0.15) is 0 Å². The first-order valence-corrected chi connectivity index (χ1v) is 10.4. The van der Waals surface area contributed by atoms with Crippen LogP contribution in [0.1, 0.15) is 0 Å². The first-order chi connectivity index (χ1) is 14.8. The molecule has 0 radical (unpaired) electrons. The lowest BCUT2D eigenvalue weighted by Gasteiger charge is -2.19. The molecule has 2 aromatic heterocycles. The molecule has 4 aromatic rings. The highest BCUT2D eigenvalue weighted by Crippen LogP contribution is 2.43. The summed E-state index contributed by atoms with van der Waals surface area (Å²) in [6.07, 6.45) is 4.93. The van der Waals surface area contributed by atoms with E-state index in [9.17, 15) is 0 Å². The first-order valence-electron chi connectivity index (χ1n) is 9.40. The van der Waals surface area contributed by atoms with Crippen molar-refractivity contribution < 1.29 is 9.47 Å². The van der Waals surface area contributed by atoms with Crippen molar-refractivity contribution in [2.24, 2.45) is 0 Å². The van der Waals surface area contributed by atoms with Gasteiger partial charge in [0.1, 0.15) is 11.4 Å². The summed E-state index contributed by atoms with van der Waals surface area (Å²) in [5.74, 6) is 2.54. The van der Waals surface area contributed by atoms with Gasteiger partial charge in [-0.05, 0) is 42.5 Å². The minimum absolute atomic E-state index is 0.431. The molecule has 1 aliphatic rings. The number of hydrogen-bond donors (Lipinski definition) is 0. The van der Waals surface area contributed by atoms with Gasteiger partial charge in [-0.1, -0.05) is 12.1 Å². The lowest BCUT2D eigenvalue weighted by Crippen LogP contribution is -2.11. The van der Waals surface area contributed by atoms with Crippen LogP contribution in [0, 0.1) is 0 Å². The number of methoxy groups -OCH3 is 1. The zero-order valence-corrected chi connectivity index (χ0v) is 17.0. The number of benzene rings is 2. The molecule has 0 bridgehead atoms. The van der Waals surface area contributed by atoms with E-state index in [1.165, 1.54) is 10.6 Å². The lowest BCUT2D eigenvalue weighted by atomic mass is 10.2. The molecule has 1 aliphatic heterocycles. The monoisotopic (exact) mass is 414 g/mol. The van der Waals surface area contributed by atoms with E-state index in [4.69, 9.17) is 9.47 Å². The molecule has 30 heavy (non-hydrogen) atoms. The number of fused-ring (bicyclic) bond motifs is 1. The summed E-state index contributed by atoms with van der Waals surface area (Å²) >= 11 is 1.84. The van der Waals surface area contributed by atoms with Crippen LogP contribution in [0.25, 0.3) is 11.3 Å². The van der Waals surface area contributed by atoms with Crippen molar-refractivity contribution in [3.05, 3.63) is 79.3 Å². The van der Waals surface area contributed by atoms with Gasteiger partial charge in [0.15, 0.2) is 0 Å². The molecule has 0 unspecified atom stereocenters. The molecule has 6 nitrogen and oxygen atoms in total. The SMILES string of the molecule is COc1cc(-c2nccnc2Oc2ccc(N3CSc4ccccc43)cc2)ccn1. The maximum absolute atomic E-state index is 6.07. The third kappa shape index (κ3) is 3.55. The number of nitrogens with zero attached hydrogens (tertiary/aromatic N) is 4. The zero-order valence-electron chi connectivity index (χ0n) is 16.2. The van der Waals surface area contributed by atoms with Crippen LogP contribution in [0.4, 0.5) is 11.4 Å². The molecule has 0 spiro atoms. The van der Waals surface area contributed by atoms with Gasteiger partial charge in [-0.25, -0.2) is 15.0 Å². The molecule has 0 amide bonds. The van der Waals surface area contributed by atoms with Crippen LogP contribution >= 0.6 is 11.8 Å². The number of hydrogen-bond acceptors (Lipinski definition) is 7. The van der Waals surface area contributed by atoms with Crippen LogP contribution in [0.3, 0.4) is 0 Å². The molecule has 0 fully saturated rings. The average Bonchev–Trinajstić information content (AvgIpc) is 3.24. The van der Waals surface area contributed by atoms with E-state index < -0.39 is 0 Å². The van der Waals surface area contributed by atoms with E-state index >= 15 is 0 Å². The van der Waals surface area contributed by atoms with Gasteiger partial charge in [-0.15, -0.1) is 11.8 Å². The summed E-state index contributed by atoms with van der Waals surface area (Å²) < 4.78 is 11.3. The van der Waals surface area contributed by atoms with E-state index in [1.54, 1.807) is 25.7 Å². The van der Waals surface area contributed by atoms with Gasteiger partial charge in [-0.3, -0.25) is 0 Å². The number of anilines is 2. The van der Waals surface area contributed by atoms with E-state index in [0.29, 0.717) is 23.2 Å². The van der Waals surface area contributed by atoms with Gasteiger partial charge in [0, 0.05) is 40.8 Å². The molecule has 0 atom stereocenters. The second kappa shape index (κ2) is 8.04. The minimum Gasteiger partial charge on any atom is -0.481 e. The molecule has 3 heterocycles. The molecule has 2 aromatic carbocycles. The fourth-order valence-corrected chi connectivity index (χ4v) is 4.35. The van der Waals surface area contributed by atoms with Crippen molar-refractivity contribution in [3.63, 3.8) is 0 Å². The van der Waals surface area contributed by atoms with Gasteiger partial charge >= 0.3 is 0 Å². The van der Waals surface area contributed by atoms with Crippen molar-refractivity contribution in [3.8, 4) is 28.8 Å². The number of pyridine rings is 1. The van der Waals surface area contributed by atoms with Crippen molar-refractivity contribution in [2.45, 2.75) is 4.90 Å². The predicted octanol–water partition coefficient (Wildman–Crippen LogP) is 5.54. The zero-order chi connectivity index (χ0) is 20.3. The number of rotatable bonds is 5. The molecular weight excluding hydrogens is 396 g/mol. The third-order valence-electron chi connectivity index (χ3n) is 4.75. The molecular formula is C23H18N4O2S. The fourth-order valence-electron chi connectivity index (χ4n) is 3.29. The molecule has 0 saturated carbocycles. The quantitative estimate of drug-likeness (QED) is 0.425. The number of aromatic nitrogens is 3. The maximum Gasteiger partial charge on any atom is 0.246 e. The second-order valence-electron chi connectivity index (χ2n) is 6.56. The Kier molecular flexibility index (Phi) is 4.94. The molecule has 0 N–H and O–H groups in total. The van der Waals surface area contributed by atoms with Crippen LogP contribution in [-0.2, 0) is 0 Å². The smallest absolute Gasteiger partial charge is 0.246 e. The Hall–Kier alpha value is -3.58. The summed E-state index contributed by atoms with van der Waals surface area (Å²) in [7, 11) is 1.58.